The number of alkyl halides is 1. The highest BCUT2D eigenvalue weighted by Gasteiger charge is 2.24. The van der Waals surface area contributed by atoms with Crippen molar-refractivity contribution in [3.05, 3.63) is 29.6 Å². The minimum absolute atomic E-state index is 0.202. The zero-order valence-electron chi connectivity index (χ0n) is 10.3. The van der Waals surface area contributed by atoms with Gasteiger partial charge < -0.3 is 9.80 Å². The van der Waals surface area contributed by atoms with Gasteiger partial charge in [-0.25, -0.2) is 4.39 Å². The molecule has 0 saturated carbocycles. The molecular weight excluding hydrogens is 239 g/mol. The second-order valence-electron chi connectivity index (χ2n) is 4.80. The largest absolute Gasteiger partial charge is 0.370 e. The predicted octanol–water partition coefficient (Wildman–Crippen LogP) is 2.70. The molecule has 1 saturated heterocycles. The van der Waals surface area contributed by atoms with E-state index < -0.39 is 0 Å². The van der Waals surface area contributed by atoms with Crippen molar-refractivity contribution in [3.63, 3.8) is 0 Å². The maximum absolute atomic E-state index is 13.4. The number of likely N-dealkylation sites (N-methyl/N-ethyl adjacent to an activating group) is 1. The van der Waals surface area contributed by atoms with Gasteiger partial charge in [-0.3, -0.25) is 0 Å². The Bertz CT molecular complexity index is 395. The molecule has 2 rings (SSSR count). The van der Waals surface area contributed by atoms with Crippen molar-refractivity contribution in [1.29, 1.82) is 0 Å². The highest BCUT2D eigenvalue weighted by molar-refractivity contribution is 6.17. The Morgan fingerprint density at radius 2 is 2.18 bits per heavy atom. The van der Waals surface area contributed by atoms with E-state index in [-0.39, 0.29) is 5.82 Å². The Kier molecular flexibility index (Phi) is 3.89. The summed E-state index contributed by atoms with van der Waals surface area (Å²) < 4.78 is 13.4. The summed E-state index contributed by atoms with van der Waals surface area (Å²) in [5.41, 5.74) is 1.79. The van der Waals surface area contributed by atoms with Crippen LogP contribution in [0.1, 0.15) is 12.0 Å². The number of rotatable bonds is 3. The Morgan fingerprint density at radius 1 is 1.41 bits per heavy atom. The number of hydrogen-bond donors (Lipinski definition) is 0. The quantitative estimate of drug-likeness (QED) is 0.768. The molecule has 1 atom stereocenters. The summed E-state index contributed by atoms with van der Waals surface area (Å²) in [7, 11) is 4.17. The minimum atomic E-state index is -0.202. The lowest BCUT2D eigenvalue weighted by atomic mass is 10.2. The van der Waals surface area contributed by atoms with E-state index in [0.717, 1.165) is 30.8 Å². The molecule has 1 aliphatic heterocycles. The highest BCUT2D eigenvalue weighted by atomic mass is 35.5. The summed E-state index contributed by atoms with van der Waals surface area (Å²) in [6.07, 6.45) is 1.12. The monoisotopic (exact) mass is 256 g/mol. The van der Waals surface area contributed by atoms with Crippen LogP contribution in [0.2, 0.25) is 0 Å². The molecule has 0 N–H and O–H groups in total. The number of benzene rings is 1. The lowest BCUT2D eigenvalue weighted by molar-refractivity contribution is 0.315. The van der Waals surface area contributed by atoms with Gasteiger partial charge in [-0.2, -0.15) is 0 Å². The second kappa shape index (κ2) is 5.23. The first-order chi connectivity index (χ1) is 8.10. The van der Waals surface area contributed by atoms with Crippen LogP contribution >= 0.6 is 11.6 Å². The molecule has 1 aromatic rings. The van der Waals surface area contributed by atoms with Crippen molar-refractivity contribution in [1.82, 2.24) is 4.90 Å². The van der Waals surface area contributed by atoms with Gasteiger partial charge in [0.2, 0.25) is 0 Å². The molecular formula is C13H18ClFN2. The van der Waals surface area contributed by atoms with Gasteiger partial charge in [-0.15, -0.1) is 11.6 Å². The summed E-state index contributed by atoms with van der Waals surface area (Å²) in [4.78, 5) is 4.45. The molecule has 1 unspecified atom stereocenters. The van der Waals surface area contributed by atoms with Crippen molar-refractivity contribution in [2.45, 2.75) is 18.3 Å². The number of nitrogens with zero attached hydrogens (tertiary/aromatic N) is 2. The van der Waals surface area contributed by atoms with Gasteiger partial charge in [0.1, 0.15) is 5.82 Å². The van der Waals surface area contributed by atoms with Crippen molar-refractivity contribution >= 4 is 17.3 Å². The minimum Gasteiger partial charge on any atom is -0.370 e. The molecule has 2 nitrogen and oxygen atoms in total. The zero-order chi connectivity index (χ0) is 12.4. The Morgan fingerprint density at radius 3 is 2.76 bits per heavy atom. The molecule has 0 aliphatic carbocycles. The fourth-order valence-corrected chi connectivity index (χ4v) is 2.45. The lowest BCUT2D eigenvalue weighted by Gasteiger charge is -2.22. The van der Waals surface area contributed by atoms with E-state index in [0.29, 0.717) is 11.9 Å². The molecule has 94 valence electrons. The summed E-state index contributed by atoms with van der Waals surface area (Å²) in [5, 5.41) is 0. The van der Waals surface area contributed by atoms with Crippen molar-refractivity contribution < 1.29 is 4.39 Å². The van der Waals surface area contributed by atoms with E-state index >= 15 is 0 Å². The Balaban J connectivity index is 2.15. The third-order valence-electron chi connectivity index (χ3n) is 3.36. The Labute approximate surface area is 107 Å². The van der Waals surface area contributed by atoms with Gasteiger partial charge in [0, 0.05) is 30.7 Å². The molecule has 0 amide bonds. The fraction of sp³-hybridized carbons (Fsp3) is 0.538. The highest BCUT2D eigenvalue weighted by Crippen LogP contribution is 2.24. The third-order valence-corrected chi connectivity index (χ3v) is 3.66. The topological polar surface area (TPSA) is 6.48 Å². The summed E-state index contributed by atoms with van der Waals surface area (Å²) in [6, 6.07) is 5.62. The van der Waals surface area contributed by atoms with Crippen molar-refractivity contribution in [2.75, 3.05) is 32.1 Å². The molecule has 1 aromatic carbocycles. The van der Waals surface area contributed by atoms with Gasteiger partial charge in [-0.1, -0.05) is 0 Å². The SMILES string of the molecule is CN(C)C1CCN(c2cc(F)cc(CCl)c2)C1. The molecule has 0 spiro atoms. The van der Waals surface area contributed by atoms with Crippen LogP contribution < -0.4 is 4.90 Å². The fourth-order valence-electron chi connectivity index (χ4n) is 2.29. The average Bonchev–Trinajstić information content (AvgIpc) is 2.77. The van der Waals surface area contributed by atoms with Gasteiger partial charge in [0.05, 0.1) is 0 Å². The molecule has 1 aliphatic rings. The number of hydrogen-bond acceptors (Lipinski definition) is 2. The molecule has 0 radical (unpaired) electrons. The maximum atomic E-state index is 13.4. The lowest BCUT2D eigenvalue weighted by Crippen LogP contribution is -2.31. The average molecular weight is 257 g/mol. The second-order valence-corrected chi connectivity index (χ2v) is 5.07. The van der Waals surface area contributed by atoms with Gasteiger partial charge in [0.25, 0.3) is 0 Å². The van der Waals surface area contributed by atoms with Crippen LogP contribution in [0.3, 0.4) is 0 Å². The Hall–Kier alpha value is -0.800. The maximum Gasteiger partial charge on any atom is 0.125 e. The van der Waals surface area contributed by atoms with Gasteiger partial charge in [-0.05, 0) is 44.3 Å². The van der Waals surface area contributed by atoms with E-state index in [4.69, 9.17) is 11.6 Å². The molecule has 0 aromatic heterocycles. The van der Waals surface area contributed by atoms with Crippen LogP contribution in [-0.2, 0) is 5.88 Å². The summed E-state index contributed by atoms with van der Waals surface area (Å²) >= 11 is 5.76. The molecule has 17 heavy (non-hydrogen) atoms. The number of halogens is 2. The van der Waals surface area contributed by atoms with E-state index in [9.17, 15) is 4.39 Å². The summed E-state index contributed by atoms with van der Waals surface area (Å²) in [6.45, 7) is 1.94. The first-order valence-corrected chi connectivity index (χ1v) is 6.40. The predicted molar refractivity (Wildman–Crippen MR) is 70.3 cm³/mol. The third kappa shape index (κ3) is 2.90. The zero-order valence-corrected chi connectivity index (χ0v) is 11.0. The number of anilines is 1. The molecule has 1 fully saturated rings. The van der Waals surface area contributed by atoms with Crippen LogP contribution in [0.15, 0.2) is 18.2 Å². The smallest absolute Gasteiger partial charge is 0.125 e. The van der Waals surface area contributed by atoms with Gasteiger partial charge >= 0.3 is 0 Å². The van der Waals surface area contributed by atoms with E-state index in [1.807, 2.05) is 6.07 Å². The normalized spacial score (nSPS) is 20.3. The van der Waals surface area contributed by atoms with E-state index in [1.54, 1.807) is 6.07 Å². The summed E-state index contributed by atoms with van der Waals surface area (Å²) in [5.74, 6) is 0.154. The van der Waals surface area contributed by atoms with Gasteiger partial charge in [0.15, 0.2) is 0 Å². The van der Waals surface area contributed by atoms with Crippen LogP contribution in [0.5, 0.6) is 0 Å². The van der Waals surface area contributed by atoms with Crippen LogP contribution in [-0.4, -0.2) is 38.1 Å². The van der Waals surface area contributed by atoms with Crippen LogP contribution in [0, 0.1) is 5.82 Å². The van der Waals surface area contributed by atoms with Crippen molar-refractivity contribution in [2.24, 2.45) is 0 Å². The molecule has 0 bridgehead atoms. The van der Waals surface area contributed by atoms with Crippen LogP contribution in [0.25, 0.3) is 0 Å². The van der Waals surface area contributed by atoms with Crippen molar-refractivity contribution in [3.8, 4) is 0 Å². The molecule has 4 heteroatoms. The van der Waals surface area contributed by atoms with E-state index in [2.05, 4.69) is 23.9 Å². The van der Waals surface area contributed by atoms with Crippen LogP contribution in [0.4, 0.5) is 10.1 Å². The first kappa shape index (κ1) is 12.7. The first-order valence-electron chi connectivity index (χ1n) is 5.87. The standard InChI is InChI=1S/C13H18ClFN2/c1-16(2)12-3-4-17(9-12)13-6-10(8-14)5-11(15)7-13/h5-7,12H,3-4,8-9H2,1-2H3. The van der Waals surface area contributed by atoms with E-state index in [1.165, 1.54) is 6.07 Å². The molecule has 1 heterocycles.